The van der Waals surface area contributed by atoms with Gasteiger partial charge in [0, 0.05) is 10.4 Å². The van der Waals surface area contributed by atoms with Crippen LogP contribution >= 0.6 is 22.9 Å². The molecule has 0 radical (unpaired) electrons. The lowest BCUT2D eigenvalue weighted by Crippen LogP contribution is -2.82. The number of nitriles is 1. The predicted molar refractivity (Wildman–Crippen MR) is 82.8 cm³/mol. The van der Waals surface area contributed by atoms with Gasteiger partial charge >= 0.3 is 0 Å². The average Bonchev–Trinajstić information content (AvgIpc) is 2.99. The third-order valence-electron chi connectivity index (χ3n) is 2.84. The average molecular weight is 324 g/mol. The van der Waals surface area contributed by atoms with E-state index in [-0.39, 0.29) is 0 Å². The van der Waals surface area contributed by atoms with Crippen LogP contribution in [0.15, 0.2) is 29.6 Å². The molecule has 0 fully saturated rings. The summed E-state index contributed by atoms with van der Waals surface area (Å²) in [4.78, 5) is 1.12. The van der Waals surface area contributed by atoms with Crippen LogP contribution in [0, 0.1) is 11.3 Å². The van der Waals surface area contributed by atoms with Crippen LogP contribution in [0.1, 0.15) is 10.4 Å². The quantitative estimate of drug-likeness (QED) is 0.629. The fraction of sp³-hybridized carbons (Fsp3) is 0.267. The molecule has 0 atom stereocenters. The number of ether oxygens (including phenoxy) is 2. The lowest BCUT2D eigenvalue weighted by Gasteiger charge is -2.13. The summed E-state index contributed by atoms with van der Waals surface area (Å²) in [5.41, 5.74) is 0.996. The molecular weight excluding hydrogens is 308 g/mol. The molecule has 0 bridgehead atoms. The summed E-state index contributed by atoms with van der Waals surface area (Å²) >= 11 is 7.92. The van der Waals surface area contributed by atoms with Gasteiger partial charge in [-0.25, -0.2) is 0 Å². The molecule has 0 aliphatic heterocycles. The molecule has 0 spiro atoms. The number of benzene rings is 1. The maximum absolute atomic E-state index is 8.55. The van der Waals surface area contributed by atoms with E-state index in [2.05, 4.69) is 6.07 Å². The molecule has 0 saturated carbocycles. The van der Waals surface area contributed by atoms with Crippen molar-refractivity contribution in [2.45, 2.75) is 13.2 Å². The Morgan fingerprint density at radius 2 is 2.29 bits per heavy atom. The molecule has 0 aliphatic carbocycles. The summed E-state index contributed by atoms with van der Waals surface area (Å²) in [5.74, 6) is 1.16. The molecule has 1 aromatic heterocycles. The Bertz CT molecular complexity index is 623. The zero-order valence-electron chi connectivity index (χ0n) is 11.6. The lowest BCUT2D eigenvalue weighted by molar-refractivity contribution is -0.660. The second-order valence-corrected chi connectivity index (χ2v) is 5.77. The zero-order valence-corrected chi connectivity index (χ0v) is 13.2. The van der Waals surface area contributed by atoms with E-state index in [9.17, 15) is 0 Å². The predicted octanol–water partition coefficient (Wildman–Crippen LogP) is 2.58. The van der Waals surface area contributed by atoms with Crippen molar-refractivity contribution in [2.75, 3.05) is 13.7 Å². The van der Waals surface area contributed by atoms with Crippen LogP contribution in [0.3, 0.4) is 0 Å². The van der Waals surface area contributed by atoms with E-state index in [1.807, 2.05) is 35.0 Å². The maximum atomic E-state index is 8.55. The van der Waals surface area contributed by atoms with Crippen LogP contribution in [-0.2, 0) is 13.2 Å². The minimum Gasteiger partial charge on any atom is -0.493 e. The van der Waals surface area contributed by atoms with Crippen molar-refractivity contribution in [2.24, 2.45) is 0 Å². The van der Waals surface area contributed by atoms with E-state index in [1.54, 1.807) is 18.4 Å². The Morgan fingerprint density at radius 1 is 1.43 bits per heavy atom. The minimum absolute atomic E-state index is 0.413. The normalized spacial score (nSPS) is 10.1. The van der Waals surface area contributed by atoms with E-state index >= 15 is 0 Å². The highest BCUT2D eigenvalue weighted by molar-refractivity contribution is 7.09. The second kappa shape index (κ2) is 7.89. The second-order valence-electron chi connectivity index (χ2n) is 4.33. The summed E-state index contributed by atoms with van der Waals surface area (Å²) in [6, 6.07) is 9.82. The minimum atomic E-state index is 0.413. The van der Waals surface area contributed by atoms with Crippen LogP contribution in [0.25, 0.3) is 0 Å². The molecule has 21 heavy (non-hydrogen) atoms. The summed E-state index contributed by atoms with van der Waals surface area (Å²) < 4.78 is 11.1. The molecule has 0 amide bonds. The first-order valence-corrected chi connectivity index (χ1v) is 7.70. The van der Waals surface area contributed by atoms with Crippen molar-refractivity contribution in [3.8, 4) is 17.6 Å². The van der Waals surface area contributed by atoms with Crippen LogP contribution in [0.4, 0.5) is 0 Å². The highest BCUT2D eigenvalue weighted by Crippen LogP contribution is 2.37. The third-order valence-corrected chi connectivity index (χ3v) is 3.97. The Labute approximate surface area is 132 Å². The molecular formula is C15H16ClN2O2S+. The van der Waals surface area contributed by atoms with E-state index < -0.39 is 0 Å². The topological polar surface area (TPSA) is 58.9 Å². The number of quaternary nitrogens is 1. The third kappa shape index (κ3) is 4.36. The number of hydrogen-bond acceptors (Lipinski definition) is 4. The van der Waals surface area contributed by atoms with Gasteiger partial charge in [-0.2, -0.15) is 5.26 Å². The largest absolute Gasteiger partial charge is 0.493 e. The Morgan fingerprint density at radius 3 is 2.95 bits per heavy atom. The molecule has 0 saturated heterocycles. The van der Waals surface area contributed by atoms with Crippen LogP contribution in [0.2, 0.25) is 5.02 Å². The maximum Gasteiger partial charge on any atom is 0.180 e. The number of hydrogen-bond donors (Lipinski definition) is 1. The molecule has 6 heteroatoms. The summed E-state index contributed by atoms with van der Waals surface area (Å²) in [6.45, 7) is 1.55. The van der Waals surface area contributed by atoms with Gasteiger partial charge in [-0.15, -0.1) is 11.3 Å². The Balaban J connectivity index is 2.11. The van der Waals surface area contributed by atoms with Gasteiger partial charge in [-0.3, -0.25) is 0 Å². The lowest BCUT2D eigenvalue weighted by atomic mass is 10.2. The fourth-order valence-corrected chi connectivity index (χ4v) is 2.78. The first-order chi connectivity index (χ1) is 10.2. The molecule has 1 aromatic carbocycles. The summed E-state index contributed by atoms with van der Waals surface area (Å²) in [5, 5.41) is 13.0. The number of nitrogens with two attached hydrogens (primary N) is 1. The van der Waals surface area contributed by atoms with Crippen molar-refractivity contribution in [3.63, 3.8) is 0 Å². The first-order valence-electron chi connectivity index (χ1n) is 6.44. The highest BCUT2D eigenvalue weighted by Gasteiger charge is 2.13. The van der Waals surface area contributed by atoms with E-state index in [1.165, 1.54) is 0 Å². The van der Waals surface area contributed by atoms with E-state index in [0.29, 0.717) is 36.2 Å². The number of rotatable bonds is 7. The first kappa shape index (κ1) is 15.6. The number of thiophene rings is 1. The monoisotopic (exact) mass is 323 g/mol. The Hall–Kier alpha value is -1.74. The summed E-state index contributed by atoms with van der Waals surface area (Å²) in [7, 11) is 1.59. The van der Waals surface area contributed by atoms with Crippen molar-refractivity contribution < 1.29 is 14.8 Å². The van der Waals surface area contributed by atoms with Crippen LogP contribution in [0.5, 0.6) is 11.5 Å². The molecule has 0 aliphatic rings. The van der Waals surface area contributed by atoms with Crippen LogP contribution < -0.4 is 14.8 Å². The number of halogens is 1. The molecule has 2 N–H and O–H groups in total. The Kier molecular flexibility index (Phi) is 5.88. The van der Waals surface area contributed by atoms with Gasteiger partial charge in [-0.05, 0) is 23.6 Å². The van der Waals surface area contributed by atoms with Crippen LogP contribution in [-0.4, -0.2) is 13.7 Å². The van der Waals surface area contributed by atoms with Gasteiger partial charge in [0.1, 0.15) is 19.2 Å². The highest BCUT2D eigenvalue weighted by atomic mass is 35.5. The molecule has 2 aromatic rings. The molecule has 4 nitrogen and oxygen atoms in total. The van der Waals surface area contributed by atoms with E-state index in [0.717, 1.165) is 10.4 Å². The zero-order chi connectivity index (χ0) is 15.1. The molecule has 1 heterocycles. The fourth-order valence-electron chi connectivity index (χ4n) is 1.87. The number of nitrogens with zero attached hydrogens (tertiary/aromatic N) is 1. The molecule has 0 unspecified atom stereocenters. The standard InChI is InChI=1S/C15H15ClN2O2S/c1-19-14-8-11(9-18-5-4-17)7-13(16)15(14)20-10-12-3-2-6-21-12/h2-3,6-8,18H,5,9-10H2,1H3/p+1. The van der Waals surface area contributed by atoms with Crippen molar-refractivity contribution in [3.05, 3.63) is 45.1 Å². The summed E-state index contributed by atoms with van der Waals surface area (Å²) in [6.07, 6.45) is 0. The number of methoxy groups -OCH3 is 1. The SMILES string of the molecule is COc1cc(C[NH2+]CC#N)cc(Cl)c1OCc1cccs1. The van der Waals surface area contributed by atoms with Crippen molar-refractivity contribution >= 4 is 22.9 Å². The smallest absolute Gasteiger partial charge is 0.180 e. The van der Waals surface area contributed by atoms with Crippen molar-refractivity contribution in [1.29, 1.82) is 5.26 Å². The molecule has 2 rings (SSSR count). The van der Waals surface area contributed by atoms with E-state index in [4.69, 9.17) is 26.3 Å². The van der Waals surface area contributed by atoms with Gasteiger partial charge in [0.05, 0.1) is 12.1 Å². The van der Waals surface area contributed by atoms with Gasteiger partial charge < -0.3 is 14.8 Å². The van der Waals surface area contributed by atoms with Crippen molar-refractivity contribution in [1.82, 2.24) is 0 Å². The van der Waals surface area contributed by atoms with Gasteiger partial charge in [0.25, 0.3) is 0 Å². The van der Waals surface area contributed by atoms with Gasteiger partial charge in [0.2, 0.25) is 0 Å². The van der Waals surface area contributed by atoms with Gasteiger partial charge in [0.15, 0.2) is 18.0 Å². The van der Waals surface area contributed by atoms with Gasteiger partial charge in [-0.1, -0.05) is 17.7 Å². The molecule has 110 valence electrons.